The van der Waals surface area contributed by atoms with Crippen molar-refractivity contribution in [3.63, 3.8) is 0 Å². The van der Waals surface area contributed by atoms with Crippen molar-refractivity contribution in [3.8, 4) is 11.5 Å². The van der Waals surface area contributed by atoms with Crippen LogP contribution in [-0.2, 0) is 0 Å². The van der Waals surface area contributed by atoms with Crippen LogP contribution in [0.2, 0.25) is 0 Å². The maximum atomic E-state index is 12.2. The molecule has 0 spiro atoms. The highest BCUT2D eigenvalue weighted by Gasteiger charge is 2.20. The predicted octanol–water partition coefficient (Wildman–Crippen LogP) is 1.80. The van der Waals surface area contributed by atoms with Crippen LogP contribution in [0.15, 0.2) is 30.4 Å². The number of para-hydroxylation sites is 1. The Balaban J connectivity index is 2.27. The topological polar surface area (TPSA) is 49.8 Å². The number of nitrogens with zero attached hydrogens (tertiary/aromatic N) is 1. The zero-order valence-electron chi connectivity index (χ0n) is 9.72. The molecule has 0 saturated carbocycles. The fraction of sp³-hybridized carbons (Fsp3) is 0.308. The summed E-state index contributed by atoms with van der Waals surface area (Å²) in [6.45, 7) is 1.28. The molecule has 0 fully saturated rings. The lowest BCUT2D eigenvalue weighted by Gasteiger charge is -2.23. The van der Waals surface area contributed by atoms with Gasteiger partial charge in [-0.25, -0.2) is 0 Å². The molecule has 1 aromatic carbocycles. The Bertz CT molecular complexity index is 454. The van der Waals surface area contributed by atoms with Crippen LogP contribution in [0.1, 0.15) is 16.8 Å². The number of benzene rings is 1. The van der Waals surface area contributed by atoms with E-state index in [4.69, 9.17) is 4.74 Å². The molecule has 0 radical (unpaired) electrons. The largest absolute Gasteiger partial charge is 0.504 e. The van der Waals surface area contributed by atoms with Crippen molar-refractivity contribution in [1.82, 2.24) is 4.90 Å². The third-order valence-electron chi connectivity index (χ3n) is 2.79. The molecule has 0 saturated heterocycles. The number of rotatable bonds is 2. The van der Waals surface area contributed by atoms with E-state index in [1.165, 1.54) is 7.11 Å². The van der Waals surface area contributed by atoms with Gasteiger partial charge < -0.3 is 14.7 Å². The van der Waals surface area contributed by atoms with E-state index in [1.807, 2.05) is 6.08 Å². The van der Waals surface area contributed by atoms with Gasteiger partial charge in [-0.15, -0.1) is 0 Å². The Morgan fingerprint density at radius 3 is 2.88 bits per heavy atom. The molecule has 0 atom stereocenters. The number of amides is 1. The minimum Gasteiger partial charge on any atom is -0.504 e. The molecule has 4 heteroatoms. The van der Waals surface area contributed by atoms with Crippen molar-refractivity contribution in [2.45, 2.75) is 6.42 Å². The Kier molecular flexibility index (Phi) is 3.32. The lowest BCUT2D eigenvalue weighted by Crippen LogP contribution is -2.33. The van der Waals surface area contributed by atoms with Gasteiger partial charge in [0.25, 0.3) is 5.91 Å². The van der Waals surface area contributed by atoms with Gasteiger partial charge in [0.1, 0.15) is 0 Å². The van der Waals surface area contributed by atoms with Gasteiger partial charge in [0.2, 0.25) is 0 Å². The summed E-state index contributed by atoms with van der Waals surface area (Å²) in [5.74, 6) is 0.0729. The van der Waals surface area contributed by atoms with Gasteiger partial charge in [-0.1, -0.05) is 18.2 Å². The summed E-state index contributed by atoms with van der Waals surface area (Å²) in [4.78, 5) is 13.9. The van der Waals surface area contributed by atoms with Crippen molar-refractivity contribution >= 4 is 5.91 Å². The SMILES string of the molecule is COc1cccc(C(=O)N2CC=CCC2)c1O. The molecular weight excluding hydrogens is 218 g/mol. The smallest absolute Gasteiger partial charge is 0.258 e. The van der Waals surface area contributed by atoms with E-state index in [-0.39, 0.29) is 11.7 Å². The van der Waals surface area contributed by atoms with Crippen LogP contribution in [0.25, 0.3) is 0 Å². The molecule has 1 heterocycles. The van der Waals surface area contributed by atoms with Gasteiger partial charge in [0, 0.05) is 13.1 Å². The summed E-state index contributed by atoms with van der Waals surface area (Å²) in [5.41, 5.74) is 0.291. The van der Waals surface area contributed by atoms with E-state index >= 15 is 0 Å². The average Bonchev–Trinajstić information content (AvgIpc) is 2.39. The number of phenolic OH excluding ortho intramolecular Hbond substituents is 1. The number of carbonyl (C=O) groups is 1. The van der Waals surface area contributed by atoms with Crippen molar-refractivity contribution in [1.29, 1.82) is 0 Å². The molecular formula is C13H15NO3. The van der Waals surface area contributed by atoms with Gasteiger partial charge in [-0.3, -0.25) is 4.79 Å². The first-order valence-electron chi connectivity index (χ1n) is 5.54. The maximum absolute atomic E-state index is 12.2. The van der Waals surface area contributed by atoms with E-state index in [0.717, 1.165) is 6.42 Å². The zero-order valence-corrected chi connectivity index (χ0v) is 9.72. The normalized spacial score (nSPS) is 14.8. The highest BCUT2D eigenvalue weighted by Crippen LogP contribution is 2.30. The van der Waals surface area contributed by atoms with Gasteiger partial charge in [-0.05, 0) is 18.6 Å². The second kappa shape index (κ2) is 4.91. The number of hydrogen-bond acceptors (Lipinski definition) is 3. The highest BCUT2D eigenvalue weighted by molar-refractivity contribution is 5.97. The van der Waals surface area contributed by atoms with E-state index in [2.05, 4.69) is 6.08 Å². The molecule has 17 heavy (non-hydrogen) atoms. The van der Waals surface area contributed by atoms with Crippen molar-refractivity contribution in [2.75, 3.05) is 20.2 Å². The Hall–Kier alpha value is -1.97. The van der Waals surface area contributed by atoms with E-state index in [0.29, 0.717) is 24.4 Å². The zero-order chi connectivity index (χ0) is 12.3. The lowest BCUT2D eigenvalue weighted by molar-refractivity contribution is 0.0767. The first-order valence-corrected chi connectivity index (χ1v) is 5.54. The molecule has 1 aliphatic heterocycles. The third kappa shape index (κ3) is 2.25. The lowest BCUT2D eigenvalue weighted by atomic mass is 10.1. The third-order valence-corrected chi connectivity index (χ3v) is 2.79. The van der Waals surface area contributed by atoms with Gasteiger partial charge >= 0.3 is 0 Å². The van der Waals surface area contributed by atoms with E-state index in [9.17, 15) is 9.90 Å². The molecule has 90 valence electrons. The van der Waals surface area contributed by atoms with Crippen molar-refractivity contribution < 1.29 is 14.6 Å². The van der Waals surface area contributed by atoms with Crippen molar-refractivity contribution in [3.05, 3.63) is 35.9 Å². The molecule has 0 aromatic heterocycles. The number of aromatic hydroxyl groups is 1. The van der Waals surface area contributed by atoms with E-state index in [1.54, 1.807) is 23.1 Å². The summed E-state index contributed by atoms with van der Waals surface area (Å²) < 4.78 is 4.99. The standard InChI is InChI=1S/C13H15NO3/c1-17-11-7-5-6-10(12(11)15)13(16)14-8-3-2-4-9-14/h2-3,5-7,15H,4,8-9H2,1H3. The van der Waals surface area contributed by atoms with Crippen LogP contribution in [0.3, 0.4) is 0 Å². The quantitative estimate of drug-likeness (QED) is 0.792. The first kappa shape index (κ1) is 11.5. The van der Waals surface area contributed by atoms with Crippen LogP contribution in [0.5, 0.6) is 11.5 Å². The monoisotopic (exact) mass is 233 g/mol. The molecule has 0 aliphatic carbocycles. The number of hydrogen-bond donors (Lipinski definition) is 1. The molecule has 1 aromatic rings. The molecule has 0 bridgehead atoms. The fourth-order valence-corrected chi connectivity index (χ4v) is 1.86. The molecule has 1 N–H and O–H groups in total. The van der Waals surface area contributed by atoms with E-state index < -0.39 is 0 Å². The summed E-state index contributed by atoms with van der Waals surface area (Å²) in [6.07, 6.45) is 4.87. The van der Waals surface area contributed by atoms with Crippen LogP contribution in [0, 0.1) is 0 Å². The minimum atomic E-state index is -0.161. The Morgan fingerprint density at radius 2 is 2.24 bits per heavy atom. The van der Waals surface area contributed by atoms with Crippen LogP contribution >= 0.6 is 0 Å². The van der Waals surface area contributed by atoms with Crippen LogP contribution < -0.4 is 4.74 Å². The number of carbonyl (C=O) groups excluding carboxylic acids is 1. The number of phenols is 1. The second-order valence-electron chi connectivity index (χ2n) is 3.87. The fourth-order valence-electron chi connectivity index (χ4n) is 1.86. The second-order valence-corrected chi connectivity index (χ2v) is 3.87. The van der Waals surface area contributed by atoms with Gasteiger partial charge in [-0.2, -0.15) is 0 Å². The Morgan fingerprint density at radius 1 is 1.41 bits per heavy atom. The van der Waals surface area contributed by atoms with Gasteiger partial charge in [0.15, 0.2) is 11.5 Å². The average molecular weight is 233 g/mol. The maximum Gasteiger partial charge on any atom is 0.258 e. The predicted molar refractivity (Wildman–Crippen MR) is 64.3 cm³/mol. The van der Waals surface area contributed by atoms with Crippen molar-refractivity contribution in [2.24, 2.45) is 0 Å². The summed E-state index contributed by atoms with van der Waals surface area (Å²) in [6, 6.07) is 4.94. The highest BCUT2D eigenvalue weighted by atomic mass is 16.5. The minimum absolute atomic E-state index is 0.0884. The molecule has 0 unspecified atom stereocenters. The number of ether oxygens (including phenoxy) is 1. The van der Waals surface area contributed by atoms with Gasteiger partial charge in [0.05, 0.1) is 12.7 Å². The molecule has 4 nitrogen and oxygen atoms in total. The van der Waals surface area contributed by atoms with Crippen LogP contribution in [-0.4, -0.2) is 36.1 Å². The summed E-state index contributed by atoms with van der Waals surface area (Å²) in [7, 11) is 1.47. The summed E-state index contributed by atoms with van der Waals surface area (Å²) in [5, 5.41) is 9.90. The first-order chi connectivity index (χ1) is 8.24. The van der Waals surface area contributed by atoms with Crippen LogP contribution in [0.4, 0.5) is 0 Å². The Labute approximate surface area is 100 Å². The molecule has 1 amide bonds. The molecule has 1 aliphatic rings. The summed E-state index contributed by atoms with van der Waals surface area (Å²) >= 11 is 0. The molecule has 2 rings (SSSR count). The number of methoxy groups -OCH3 is 1.